The molecular formula is C22H23N3O5. The van der Waals surface area contributed by atoms with Crippen LogP contribution in [0.1, 0.15) is 13.8 Å². The Morgan fingerprint density at radius 2 is 1.60 bits per heavy atom. The van der Waals surface area contributed by atoms with Gasteiger partial charge in [-0.3, -0.25) is 23.5 Å². The highest BCUT2D eigenvalue weighted by atomic mass is 16.5. The number of rotatable bonds is 8. The molecule has 0 aliphatic rings. The van der Waals surface area contributed by atoms with Gasteiger partial charge in [0.15, 0.2) is 0 Å². The lowest BCUT2D eigenvalue weighted by atomic mass is 10.3. The monoisotopic (exact) mass is 409 g/mol. The lowest BCUT2D eigenvalue weighted by molar-refractivity contribution is -0.116. The zero-order chi connectivity index (χ0) is 21.5. The molecule has 3 rings (SSSR count). The molecule has 30 heavy (non-hydrogen) atoms. The second-order valence-electron chi connectivity index (χ2n) is 6.31. The first-order chi connectivity index (χ1) is 14.5. The zero-order valence-corrected chi connectivity index (χ0v) is 16.8. The van der Waals surface area contributed by atoms with Gasteiger partial charge in [0.05, 0.1) is 18.9 Å². The minimum atomic E-state index is -0.800. The van der Waals surface area contributed by atoms with Crippen molar-refractivity contribution < 1.29 is 14.3 Å². The topological polar surface area (TPSA) is 91.6 Å². The van der Waals surface area contributed by atoms with E-state index >= 15 is 0 Å². The van der Waals surface area contributed by atoms with E-state index in [1.54, 1.807) is 48.5 Å². The fourth-order valence-electron chi connectivity index (χ4n) is 2.91. The smallest absolute Gasteiger partial charge is 0.321 e. The number of benzene rings is 2. The molecule has 1 N–H and O–H groups in total. The normalized spacial score (nSPS) is 10.5. The Bertz CT molecular complexity index is 1130. The third kappa shape index (κ3) is 4.78. The van der Waals surface area contributed by atoms with Crippen LogP contribution in [0.15, 0.2) is 70.5 Å². The molecule has 0 saturated carbocycles. The number of anilines is 1. The maximum absolute atomic E-state index is 12.6. The van der Waals surface area contributed by atoms with Crippen LogP contribution in [0.4, 0.5) is 5.69 Å². The van der Waals surface area contributed by atoms with Crippen molar-refractivity contribution in [3.63, 3.8) is 0 Å². The molecule has 8 heteroatoms. The lowest BCUT2D eigenvalue weighted by Crippen LogP contribution is -2.41. The third-order valence-electron chi connectivity index (χ3n) is 4.25. The summed E-state index contributed by atoms with van der Waals surface area (Å²) >= 11 is 0. The van der Waals surface area contributed by atoms with E-state index in [9.17, 15) is 14.4 Å². The van der Waals surface area contributed by atoms with Crippen molar-refractivity contribution in [2.24, 2.45) is 0 Å². The number of nitrogens with zero attached hydrogens (tertiary/aromatic N) is 2. The summed E-state index contributed by atoms with van der Waals surface area (Å²) in [5.74, 6) is 0.767. The molecule has 0 atom stereocenters. The number of para-hydroxylation sites is 2. The minimum absolute atomic E-state index is 0.283. The molecule has 3 aromatic rings. The fourth-order valence-corrected chi connectivity index (χ4v) is 2.91. The summed E-state index contributed by atoms with van der Waals surface area (Å²) in [5.41, 5.74) is -0.535. The number of hydrogen-bond acceptors (Lipinski definition) is 5. The minimum Gasteiger partial charge on any atom is -0.494 e. The van der Waals surface area contributed by atoms with E-state index in [0.29, 0.717) is 36.1 Å². The summed E-state index contributed by atoms with van der Waals surface area (Å²) in [6.07, 6.45) is 2.86. The summed E-state index contributed by atoms with van der Waals surface area (Å²) in [5, 5.41) is 2.70. The highest BCUT2D eigenvalue weighted by molar-refractivity contribution is 5.90. The Kier molecular flexibility index (Phi) is 6.69. The molecule has 0 saturated heterocycles. The van der Waals surface area contributed by atoms with Crippen molar-refractivity contribution in [1.82, 2.24) is 9.13 Å². The highest BCUT2D eigenvalue weighted by Crippen LogP contribution is 2.20. The van der Waals surface area contributed by atoms with Crippen LogP contribution in [-0.2, 0) is 11.3 Å². The molecule has 2 aromatic carbocycles. The second kappa shape index (κ2) is 9.60. The van der Waals surface area contributed by atoms with E-state index in [0.717, 1.165) is 4.57 Å². The second-order valence-corrected chi connectivity index (χ2v) is 6.31. The van der Waals surface area contributed by atoms with Crippen LogP contribution in [-0.4, -0.2) is 28.3 Å². The third-order valence-corrected chi connectivity index (χ3v) is 4.25. The van der Waals surface area contributed by atoms with Crippen molar-refractivity contribution in [2.45, 2.75) is 20.4 Å². The molecule has 0 bridgehead atoms. The first-order valence-corrected chi connectivity index (χ1v) is 9.60. The molecule has 156 valence electrons. The summed E-state index contributed by atoms with van der Waals surface area (Å²) < 4.78 is 13.2. The van der Waals surface area contributed by atoms with Crippen molar-refractivity contribution >= 4 is 11.6 Å². The van der Waals surface area contributed by atoms with E-state index < -0.39 is 17.0 Å². The molecule has 0 aliphatic carbocycles. The zero-order valence-electron chi connectivity index (χ0n) is 16.8. The number of nitrogens with one attached hydrogen (secondary N) is 1. The van der Waals surface area contributed by atoms with Crippen LogP contribution >= 0.6 is 0 Å². The van der Waals surface area contributed by atoms with Gasteiger partial charge in [-0.25, -0.2) is 0 Å². The molecule has 8 nitrogen and oxygen atoms in total. The number of aromatic nitrogens is 2. The number of hydrogen-bond donors (Lipinski definition) is 1. The Morgan fingerprint density at radius 3 is 2.30 bits per heavy atom. The van der Waals surface area contributed by atoms with Gasteiger partial charge >= 0.3 is 11.1 Å². The average Bonchev–Trinajstić information content (AvgIpc) is 2.74. The van der Waals surface area contributed by atoms with E-state index in [-0.39, 0.29) is 6.54 Å². The molecule has 1 aromatic heterocycles. The number of carbonyl (C=O) groups is 1. The SMILES string of the molecule is CCOc1ccc(NC(=O)Cn2ccn(-c3ccccc3OCC)c(=O)c2=O)cc1. The van der Waals surface area contributed by atoms with Crippen LogP contribution in [0, 0.1) is 0 Å². The first kappa shape index (κ1) is 20.9. The van der Waals surface area contributed by atoms with Crippen molar-refractivity contribution in [2.75, 3.05) is 18.5 Å². The number of ether oxygens (including phenoxy) is 2. The van der Waals surface area contributed by atoms with Gasteiger partial charge in [-0.2, -0.15) is 0 Å². The van der Waals surface area contributed by atoms with Gasteiger partial charge in [-0.05, 0) is 50.2 Å². The summed E-state index contributed by atoms with van der Waals surface area (Å²) in [6.45, 7) is 4.41. The Labute approximate surface area is 173 Å². The van der Waals surface area contributed by atoms with E-state index in [4.69, 9.17) is 9.47 Å². The molecule has 0 spiro atoms. The van der Waals surface area contributed by atoms with Crippen molar-refractivity contribution in [1.29, 1.82) is 0 Å². The van der Waals surface area contributed by atoms with Gasteiger partial charge in [0.1, 0.15) is 18.0 Å². The van der Waals surface area contributed by atoms with Crippen LogP contribution in [0.3, 0.4) is 0 Å². The molecule has 1 heterocycles. The van der Waals surface area contributed by atoms with Crippen molar-refractivity contribution in [3.05, 3.63) is 81.6 Å². The van der Waals surface area contributed by atoms with Gasteiger partial charge < -0.3 is 14.8 Å². The molecule has 0 radical (unpaired) electrons. The molecule has 0 aliphatic heterocycles. The van der Waals surface area contributed by atoms with Crippen LogP contribution in [0.5, 0.6) is 11.5 Å². The van der Waals surface area contributed by atoms with Gasteiger partial charge in [-0.1, -0.05) is 12.1 Å². The molecule has 1 amide bonds. The van der Waals surface area contributed by atoms with Crippen LogP contribution in [0.25, 0.3) is 5.69 Å². The van der Waals surface area contributed by atoms with Gasteiger partial charge in [0.25, 0.3) is 0 Å². The lowest BCUT2D eigenvalue weighted by Gasteiger charge is -2.13. The van der Waals surface area contributed by atoms with Crippen molar-refractivity contribution in [3.8, 4) is 17.2 Å². The fraction of sp³-hybridized carbons (Fsp3) is 0.227. The van der Waals surface area contributed by atoms with Gasteiger partial charge in [0, 0.05) is 18.1 Å². The quantitative estimate of drug-likeness (QED) is 0.577. The Hall–Kier alpha value is -3.81. The highest BCUT2D eigenvalue weighted by Gasteiger charge is 2.13. The maximum Gasteiger partial charge on any atom is 0.321 e. The molecule has 0 fully saturated rings. The largest absolute Gasteiger partial charge is 0.494 e. The van der Waals surface area contributed by atoms with E-state index in [1.165, 1.54) is 17.0 Å². The predicted octanol–water partition coefficient (Wildman–Crippen LogP) is 2.44. The molecular weight excluding hydrogens is 386 g/mol. The Morgan fingerprint density at radius 1 is 0.900 bits per heavy atom. The number of amides is 1. The average molecular weight is 409 g/mol. The predicted molar refractivity (Wildman–Crippen MR) is 114 cm³/mol. The van der Waals surface area contributed by atoms with E-state index in [2.05, 4.69) is 5.32 Å². The Balaban J connectivity index is 1.78. The summed E-state index contributed by atoms with van der Waals surface area (Å²) in [7, 11) is 0. The standard InChI is InChI=1S/C22H23N3O5/c1-3-29-17-11-9-16(10-12-17)23-20(26)15-24-13-14-25(22(28)21(24)27)18-7-5-6-8-19(18)30-4-2/h5-14H,3-4,15H2,1-2H3,(H,23,26). The van der Waals surface area contributed by atoms with Crippen LogP contribution < -0.4 is 25.9 Å². The van der Waals surface area contributed by atoms with Gasteiger partial charge in [0.2, 0.25) is 5.91 Å². The number of carbonyl (C=O) groups excluding carboxylic acids is 1. The maximum atomic E-state index is 12.6. The molecule has 0 unspecified atom stereocenters. The summed E-state index contributed by atoms with van der Waals surface area (Å²) in [4.78, 5) is 37.5. The van der Waals surface area contributed by atoms with E-state index in [1.807, 2.05) is 13.8 Å². The van der Waals surface area contributed by atoms with Crippen LogP contribution in [0.2, 0.25) is 0 Å². The summed E-state index contributed by atoms with van der Waals surface area (Å²) in [6, 6.07) is 13.8. The van der Waals surface area contributed by atoms with Gasteiger partial charge in [-0.15, -0.1) is 0 Å². The first-order valence-electron chi connectivity index (χ1n) is 9.60.